The Hall–Kier alpha value is -8.87. The quantitative estimate of drug-likeness (QED) is 0.0180. The van der Waals surface area contributed by atoms with Crippen LogP contribution in [0.25, 0.3) is 0 Å². The highest BCUT2D eigenvalue weighted by Gasteiger charge is 2.15. The molecule has 0 aliphatic heterocycles. The second kappa shape index (κ2) is 64.2. The number of carbonyl (C=O) groups is 11. The average Bonchev–Trinajstić information content (AvgIpc) is 0.838. The van der Waals surface area contributed by atoms with Crippen molar-refractivity contribution in [3.05, 3.63) is 96.6 Å². The van der Waals surface area contributed by atoms with Crippen LogP contribution in [0.2, 0.25) is 0 Å². The maximum Gasteiger partial charge on any atom is 0.343 e. The van der Waals surface area contributed by atoms with Crippen molar-refractivity contribution in [2.24, 2.45) is 0 Å². The maximum absolute atomic E-state index is 12.8. The van der Waals surface area contributed by atoms with Crippen molar-refractivity contribution >= 4 is 65.7 Å². The van der Waals surface area contributed by atoms with Crippen molar-refractivity contribution in [3.8, 4) is 23.0 Å². The number of esters is 11. The summed E-state index contributed by atoms with van der Waals surface area (Å²) in [4.78, 5) is 133. The van der Waals surface area contributed by atoms with Crippen LogP contribution in [-0.2, 0) is 85.8 Å². The summed E-state index contributed by atoms with van der Waals surface area (Å²) in [6.45, 7) is 7.27. The molecule has 0 saturated heterocycles. The van der Waals surface area contributed by atoms with Gasteiger partial charge in [-0.25, -0.2) is 14.4 Å². The number of unbranched alkanes of at least 4 members (excludes halogenated alkanes) is 22. The molecule has 3 rings (SSSR count). The van der Waals surface area contributed by atoms with Gasteiger partial charge in [-0.2, -0.15) is 0 Å². The normalized spacial score (nSPS) is 10.8. The lowest BCUT2D eigenvalue weighted by Gasteiger charge is -2.09. The molecule has 0 fully saturated rings. The van der Waals surface area contributed by atoms with Crippen LogP contribution < -0.4 is 18.9 Å². The first kappa shape index (κ1) is 93.3. The molecule has 25 heteroatoms. The molecule has 0 atom stereocenters. The van der Waals surface area contributed by atoms with E-state index in [4.69, 9.17) is 66.7 Å². The molecule has 0 spiro atoms. The fraction of sp³-hybridized carbons (Fsp3) is 0.627. The first-order valence-corrected chi connectivity index (χ1v) is 39.3. The zero-order chi connectivity index (χ0) is 78.0. The third-order valence-electron chi connectivity index (χ3n) is 16.8. The van der Waals surface area contributed by atoms with Gasteiger partial charge in [0.2, 0.25) is 0 Å². The van der Waals surface area contributed by atoms with E-state index in [1.165, 1.54) is 24.3 Å². The predicted molar refractivity (Wildman–Crippen MR) is 401 cm³/mol. The summed E-state index contributed by atoms with van der Waals surface area (Å²) in [5, 5.41) is 8.77. The first-order chi connectivity index (χ1) is 52.6. The average molecular weight is 1520 g/mol. The van der Waals surface area contributed by atoms with Gasteiger partial charge in [0.15, 0.2) is 0 Å². The van der Waals surface area contributed by atoms with Gasteiger partial charge in [-0.3, -0.25) is 38.4 Å². The Labute approximate surface area is 638 Å². The van der Waals surface area contributed by atoms with Gasteiger partial charge < -0.3 is 66.7 Å². The molecule has 0 radical (unpaired) electrons. The number of ether oxygens (including phenoxy) is 13. The van der Waals surface area contributed by atoms with E-state index in [2.05, 4.69) is 6.58 Å². The lowest BCUT2D eigenvalue weighted by Crippen LogP contribution is -2.10. The minimum absolute atomic E-state index is 0.128. The molecule has 0 aliphatic rings. The van der Waals surface area contributed by atoms with Crippen LogP contribution in [0.4, 0.5) is 0 Å². The minimum Gasteiger partial charge on any atom is -0.494 e. The van der Waals surface area contributed by atoms with Crippen LogP contribution in [0.1, 0.15) is 278 Å². The Bertz CT molecular complexity index is 2980. The summed E-state index contributed by atoms with van der Waals surface area (Å²) in [5.74, 6) is -1.87. The van der Waals surface area contributed by atoms with Gasteiger partial charge in [0.25, 0.3) is 0 Å². The zero-order valence-electron chi connectivity index (χ0n) is 63.7. The molecule has 0 aromatic heterocycles. The minimum atomic E-state index is -0.559. The van der Waals surface area contributed by atoms with Crippen LogP contribution >= 0.6 is 0 Å². The maximum atomic E-state index is 12.8. The Morgan fingerprint density at radius 3 is 0.657 bits per heavy atom. The molecule has 0 unspecified atom stereocenters. The summed E-state index contributed by atoms with van der Waals surface area (Å²) in [6, 6.07) is 19.4. The molecule has 108 heavy (non-hydrogen) atoms. The molecule has 602 valence electrons. The van der Waals surface area contributed by atoms with E-state index in [1.807, 2.05) is 0 Å². The number of carbonyl (C=O) groups excluding carboxylic acids is 11. The van der Waals surface area contributed by atoms with E-state index in [9.17, 15) is 52.7 Å². The molecular formula is C83H120O25. The third kappa shape index (κ3) is 53.0. The lowest BCUT2D eigenvalue weighted by atomic mass is 10.2. The molecular weight excluding hydrogens is 1400 g/mol. The molecule has 25 nitrogen and oxygen atoms in total. The lowest BCUT2D eigenvalue weighted by molar-refractivity contribution is -0.146. The second-order valence-corrected chi connectivity index (χ2v) is 26.2. The van der Waals surface area contributed by atoms with E-state index in [0.717, 1.165) is 89.5 Å². The standard InChI is InChI=1S/C83H120O25/c1-2-73(85)98-58-26-5-3-24-56-96-69-47-43-67(44-48-69)82(94)107-71-51-53-72(54-52-71)108-83(95)68-45-49-70(50-46-68)97-57-25-4-6-27-59-99-75(87)36-16-8-29-61-101-77(89)38-18-10-31-63-103-79(91)40-20-12-33-65-105-81(93)42-22-14-34-66-106-80(92)41-21-13-32-64-104-78(90)39-19-11-30-62-102-76(88)37-17-9-28-60-100-74(86)35-15-7-23-55-84/h2,43-54,84H,1,3-42,55-66H2. The SMILES string of the molecule is C=CC(=O)OCCCCCCOc1ccc(C(=O)Oc2ccc(OC(=O)c3ccc(OCCCCCCOC(=O)CCCCCOC(=O)CCCCCOC(=O)CCCCCOC(=O)CCCCCOC(=O)CCCCCOC(=O)CCCCCOC(=O)CCCCCOC(=O)CCCCCO)cc3)cc2)cc1. The fourth-order valence-corrected chi connectivity index (χ4v) is 10.5. The highest BCUT2D eigenvalue weighted by Crippen LogP contribution is 2.23. The molecule has 0 heterocycles. The van der Waals surface area contributed by atoms with E-state index >= 15 is 0 Å². The number of aliphatic hydroxyl groups excluding tert-OH is 1. The molecule has 3 aromatic rings. The zero-order valence-corrected chi connectivity index (χ0v) is 63.7. The summed E-state index contributed by atoms with van der Waals surface area (Å²) in [6.07, 6.45) is 26.5. The number of hydrogen-bond donors (Lipinski definition) is 1. The van der Waals surface area contributed by atoms with E-state index < -0.39 is 17.9 Å². The molecule has 0 saturated carbocycles. The van der Waals surface area contributed by atoms with Gasteiger partial charge in [-0.1, -0.05) is 13.0 Å². The van der Waals surface area contributed by atoms with Crippen molar-refractivity contribution in [1.82, 2.24) is 0 Å². The van der Waals surface area contributed by atoms with Crippen molar-refractivity contribution < 1.29 is 119 Å². The summed E-state index contributed by atoms with van der Waals surface area (Å²) in [7, 11) is 0. The topological polar surface area (TPSA) is 328 Å². The third-order valence-corrected chi connectivity index (χ3v) is 16.8. The van der Waals surface area contributed by atoms with E-state index in [-0.39, 0.29) is 125 Å². The van der Waals surface area contributed by atoms with Gasteiger partial charge in [-0.05, 0) is 272 Å². The molecule has 0 aliphatic carbocycles. The van der Waals surface area contributed by atoms with Gasteiger partial charge >= 0.3 is 65.7 Å². The Balaban J connectivity index is 1.00. The second-order valence-electron chi connectivity index (χ2n) is 26.2. The van der Waals surface area contributed by atoms with Crippen molar-refractivity contribution in [2.75, 3.05) is 79.3 Å². The monoisotopic (exact) mass is 1520 g/mol. The van der Waals surface area contributed by atoms with Gasteiger partial charge in [-0.15, -0.1) is 0 Å². The first-order valence-electron chi connectivity index (χ1n) is 39.3. The Morgan fingerprint density at radius 1 is 0.241 bits per heavy atom. The van der Waals surface area contributed by atoms with Crippen LogP contribution in [0.3, 0.4) is 0 Å². The van der Waals surface area contributed by atoms with Crippen molar-refractivity contribution in [2.45, 2.75) is 257 Å². The molecule has 0 amide bonds. The predicted octanol–water partition coefficient (Wildman–Crippen LogP) is 15.6. The van der Waals surface area contributed by atoms with Crippen molar-refractivity contribution in [1.29, 1.82) is 0 Å². The van der Waals surface area contributed by atoms with Crippen molar-refractivity contribution in [3.63, 3.8) is 0 Å². The van der Waals surface area contributed by atoms with E-state index in [0.29, 0.717) is 210 Å². The number of benzene rings is 3. The number of rotatable bonds is 68. The van der Waals surface area contributed by atoms with Gasteiger partial charge in [0, 0.05) is 64.0 Å². The number of aliphatic hydroxyl groups is 1. The summed E-state index contributed by atoms with van der Waals surface area (Å²) < 4.78 is 70.0. The smallest absolute Gasteiger partial charge is 0.343 e. The molecule has 3 aromatic carbocycles. The fourth-order valence-electron chi connectivity index (χ4n) is 10.5. The van der Waals surface area contributed by atoms with Crippen LogP contribution in [0.5, 0.6) is 23.0 Å². The molecule has 1 N–H and O–H groups in total. The van der Waals surface area contributed by atoms with Gasteiger partial charge in [0.1, 0.15) is 23.0 Å². The summed E-state index contributed by atoms with van der Waals surface area (Å²) in [5.41, 5.74) is 0.679. The van der Waals surface area contributed by atoms with E-state index in [1.54, 1.807) is 48.5 Å². The van der Waals surface area contributed by atoms with Crippen LogP contribution in [-0.4, -0.2) is 150 Å². The van der Waals surface area contributed by atoms with Gasteiger partial charge in [0.05, 0.1) is 83.8 Å². The molecule has 0 bridgehead atoms. The summed E-state index contributed by atoms with van der Waals surface area (Å²) >= 11 is 0. The van der Waals surface area contributed by atoms with Crippen LogP contribution in [0.15, 0.2) is 85.5 Å². The van der Waals surface area contributed by atoms with Crippen LogP contribution in [0, 0.1) is 0 Å². The Morgan fingerprint density at radius 2 is 0.435 bits per heavy atom. The number of hydrogen-bond acceptors (Lipinski definition) is 25. The largest absolute Gasteiger partial charge is 0.494 e. The Kier molecular flexibility index (Phi) is 55.4. The highest BCUT2D eigenvalue weighted by atomic mass is 16.6. The highest BCUT2D eigenvalue weighted by molar-refractivity contribution is 5.92.